The summed E-state index contributed by atoms with van der Waals surface area (Å²) in [6.45, 7) is 0. The summed E-state index contributed by atoms with van der Waals surface area (Å²) in [6.07, 6.45) is 1.14. The van der Waals surface area contributed by atoms with Crippen molar-refractivity contribution in [2.45, 2.75) is 4.90 Å². The standard InChI is InChI=1S/C6H3Br4NO2S/c1-14(12,13)4-2(7)5(9)11-6(10)3(4)8/h1H3. The summed E-state index contributed by atoms with van der Waals surface area (Å²) in [5.41, 5.74) is 0. The molecule has 78 valence electrons. The van der Waals surface area contributed by atoms with E-state index in [2.05, 4.69) is 68.7 Å². The average Bonchev–Trinajstić information content (AvgIpc) is 1.98. The molecular formula is C6H3Br4NO2S. The lowest BCUT2D eigenvalue weighted by Gasteiger charge is -2.07. The van der Waals surface area contributed by atoms with Crippen LogP contribution in [0, 0.1) is 0 Å². The first-order valence-electron chi connectivity index (χ1n) is 3.15. The van der Waals surface area contributed by atoms with E-state index in [9.17, 15) is 8.42 Å². The van der Waals surface area contributed by atoms with Gasteiger partial charge in [-0.15, -0.1) is 0 Å². The van der Waals surface area contributed by atoms with Crippen LogP contribution in [0.1, 0.15) is 0 Å². The lowest BCUT2D eigenvalue weighted by molar-refractivity contribution is 0.600. The van der Waals surface area contributed by atoms with Crippen LogP contribution in [-0.4, -0.2) is 19.7 Å². The molecule has 1 heterocycles. The van der Waals surface area contributed by atoms with Crippen LogP contribution in [0.25, 0.3) is 0 Å². The van der Waals surface area contributed by atoms with Gasteiger partial charge in [-0.1, -0.05) is 0 Å². The lowest BCUT2D eigenvalue weighted by Crippen LogP contribution is -2.02. The average molecular weight is 473 g/mol. The van der Waals surface area contributed by atoms with Crippen molar-refractivity contribution in [3.8, 4) is 0 Å². The van der Waals surface area contributed by atoms with Gasteiger partial charge in [0, 0.05) is 6.26 Å². The van der Waals surface area contributed by atoms with Gasteiger partial charge in [-0.25, -0.2) is 13.4 Å². The van der Waals surface area contributed by atoms with E-state index < -0.39 is 9.84 Å². The fraction of sp³-hybridized carbons (Fsp3) is 0.167. The van der Waals surface area contributed by atoms with Crippen LogP contribution >= 0.6 is 63.7 Å². The number of rotatable bonds is 1. The summed E-state index contributed by atoms with van der Waals surface area (Å²) in [7, 11) is -3.30. The Morgan fingerprint density at radius 1 is 1.00 bits per heavy atom. The van der Waals surface area contributed by atoms with Crippen molar-refractivity contribution < 1.29 is 8.42 Å². The van der Waals surface area contributed by atoms with Crippen LogP contribution in [0.3, 0.4) is 0 Å². The molecule has 0 spiro atoms. The summed E-state index contributed by atoms with van der Waals surface area (Å²) in [5.74, 6) is 0. The van der Waals surface area contributed by atoms with Gasteiger partial charge in [0.25, 0.3) is 0 Å². The molecule has 0 aromatic carbocycles. The van der Waals surface area contributed by atoms with E-state index in [1.807, 2.05) is 0 Å². The zero-order chi connectivity index (χ0) is 11.1. The smallest absolute Gasteiger partial charge is 0.177 e. The first-order chi connectivity index (χ1) is 6.25. The monoisotopic (exact) mass is 469 g/mol. The molecule has 0 amide bonds. The van der Waals surface area contributed by atoms with Crippen molar-refractivity contribution in [2.24, 2.45) is 0 Å². The highest BCUT2D eigenvalue weighted by Gasteiger charge is 2.21. The molecule has 0 saturated carbocycles. The number of nitrogens with zero attached hydrogens (tertiary/aromatic N) is 1. The van der Waals surface area contributed by atoms with Crippen LogP contribution in [0.5, 0.6) is 0 Å². The van der Waals surface area contributed by atoms with E-state index in [1.54, 1.807) is 0 Å². The third-order valence-electron chi connectivity index (χ3n) is 1.33. The molecule has 0 unspecified atom stereocenters. The molecule has 0 radical (unpaired) electrons. The Bertz CT molecular complexity index is 459. The van der Waals surface area contributed by atoms with Crippen LogP contribution in [0.2, 0.25) is 0 Å². The van der Waals surface area contributed by atoms with E-state index in [4.69, 9.17) is 0 Å². The molecule has 1 rings (SSSR count). The fourth-order valence-electron chi connectivity index (χ4n) is 0.794. The Hall–Kier alpha value is 1.02. The topological polar surface area (TPSA) is 47.0 Å². The molecule has 1 aromatic heterocycles. The van der Waals surface area contributed by atoms with Crippen molar-refractivity contribution in [3.05, 3.63) is 18.2 Å². The molecule has 0 atom stereocenters. The fourth-order valence-corrected chi connectivity index (χ4v) is 5.49. The van der Waals surface area contributed by atoms with Crippen LogP contribution < -0.4 is 0 Å². The van der Waals surface area contributed by atoms with Gasteiger partial charge in [-0.05, 0) is 63.7 Å². The third kappa shape index (κ3) is 2.58. The van der Waals surface area contributed by atoms with Crippen molar-refractivity contribution in [1.29, 1.82) is 0 Å². The molecule has 0 aliphatic carbocycles. The van der Waals surface area contributed by atoms with Gasteiger partial charge in [-0.2, -0.15) is 0 Å². The SMILES string of the molecule is CS(=O)(=O)c1c(Br)c(Br)nc(Br)c1Br. The summed E-state index contributed by atoms with van der Waals surface area (Å²) in [6, 6.07) is 0. The quantitative estimate of drug-likeness (QED) is 0.588. The van der Waals surface area contributed by atoms with Gasteiger partial charge in [0.15, 0.2) is 9.84 Å². The van der Waals surface area contributed by atoms with E-state index >= 15 is 0 Å². The first-order valence-corrected chi connectivity index (χ1v) is 8.21. The van der Waals surface area contributed by atoms with Gasteiger partial charge in [-0.3, -0.25) is 0 Å². The maximum Gasteiger partial charge on any atom is 0.177 e. The minimum atomic E-state index is -3.30. The normalized spacial score (nSPS) is 11.8. The van der Waals surface area contributed by atoms with Crippen molar-refractivity contribution in [3.63, 3.8) is 0 Å². The molecule has 0 saturated heterocycles. The number of hydrogen-bond donors (Lipinski definition) is 0. The van der Waals surface area contributed by atoms with Gasteiger partial charge in [0.2, 0.25) is 0 Å². The zero-order valence-corrected chi connectivity index (χ0v) is 13.8. The number of sulfone groups is 1. The number of aromatic nitrogens is 1. The van der Waals surface area contributed by atoms with Crippen LogP contribution in [0.4, 0.5) is 0 Å². The van der Waals surface area contributed by atoms with Gasteiger partial charge < -0.3 is 0 Å². The Labute approximate surface area is 115 Å². The largest absolute Gasteiger partial charge is 0.232 e. The molecule has 0 fully saturated rings. The van der Waals surface area contributed by atoms with E-state index in [0.717, 1.165) is 6.26 Å². The maximum atomic E-state index is 11.4. The van der Waals surface area contributed by atoms with Crippen LogP contribution in [-0.2, 0) is 9.84 Å². The highest BCUT2D eigenvalue weighted by atomic mass is 79.9. The molecule has 0 aliphatic heterocycles. The summed E-state index contributed by atoms with van der Waals surface area (Å²) >= 11 is 12.6. The molecule has 14 heavy (non-hydrogen) atoms. The Morgan fingerprint density at radius 2 is 1.36 bits per heavy atom. The molecular weight excluding hydrogens is 470 g/mol. The predicted octanol–water partition coefficient (Wildman–Crippen LogP) is 3.54. The minimum absolute atomic E-state index is 0.172. The van der Waals surface area contributed by atoms with E-state index in [1.165, 1.54) is 0 Å². The zero-order valence-electron chi connectivity index (χ0n) is 6.68. The minimum Gasteiger partial charge on any atom is -0.232 e. The number of halogens is 4. The molecule has 0 aliphatic rings. The predicted molar refractivity (Wildman–Crippen MR) is 68.1 cm³/mol. The van der Waals surface area contributed by atoms with Crippen LogP contribution in [0.15, 0.2) is 23.0 Å². The van der Waals surface area contributed by atoms with E-state index in [-0.39, 0.29) is 4.90 Å². The van der Waals surface area contributed by atoms with Gasteiger partial charge >= 0.3 is 0 Å². The highest BCUT2D eigenvalue weighted by molar-refractivity contribution is 9.13. The Kier molecular flexibility index (Phi) is 4.19. The second-order valence-electron chi connectivity index (χ2n) is 2.42. The summed E-state index contributed by atoms with van der Waals surface area (Å²) in [4.78, 5) is 4.19. The number of pyridine rings is 1. The van der Waals surface area contributed by atoms with Gasteiger partial charge in [0.05, 0.1) is 8.95 Å². The second kappa shape index (κ2) is 4.48. The van der Waals surface area contributed by atoms with Crippen molar-refractivity contribution >= 4 is 73.6 Å². The van der Waals surface area contributed by atoms with Gasteiger partial charge in [0.1, 0.15) is 14.1 Å². The number of hydrogen-bond acceptors (Lipinski definition) is 3. The van der Waals surface area contributed by atoms with E-state index in [0.29, 0.717) is 18.2 Å². The third-order valence-corrected chi connectivity index (χ3v) is 6.76. The Balaban J connectivity index is 3.74. The molecule has 8 heteroatoms. The maximum absolute atomic E-state index is 11.4. The molecule has 1 aromatic rings. The Morgan fingerprint density at radius 3 is 1.64 bits per heavy atom. The summed E-state index contributed by atoms with van der Waals surface area (Å²) < 4.78 is 24.6. The summed E-state index contributed by atoms with van der Waals surface area (Å²) in [5, 5.41) is 0. The molecule has 0 bridgehead atoms. The highest BCUT2D eigenvalue weighted by Crippen LogP contribution is 2.38. The molecule has 0 N–H and O–H groups in total. The van der Waals surface area contributed by atoms with Crippen molar-refractivity contribution in [2.75, 3.05) is 6.26 Å². The second-order valence-corrected chi connectivity index (χ2v) is 7.46. The molecule has 3 nitrogen and oxygen atoms in total. The lowest BCUT2D eigenvalue weighted by atomic mass is 10.5. The first kappa shape index (κ1) is 13.1. The van der Waals surface area contributed by atoms with Crippen molar-refractivity contribution in [1.82, 2.24) is 4.98 Å².